The molecule has 0 spiro atoms. The molecule has 0 amide bonds. The second-order valence-corrected chi connectivity index (χ2v) is 6.56. The third kappa shape index (κ3) is 2.99. The average Bonchev–Trinajstić information content (AvgIpc) is 2.46. The van der Waals surface area contributed by atoms with Gasteiger partial charge in [-0.05, 0) is 39.8 Å². The van der Waals surface area contributed by atoms with E-state index < -0.39 is 24.9 Å². The van der Waals surface area contributed by atoms with Crippen LogP contribution < -0.4 is 10.2 Å². The molecule has 0 saturated carbocycles. The third-order valence-electron chi connectivity index (χ3n) is 3.70. The molecule has 3 nitrogen and oxygen atoms in total. The Kier molecular flexibility index (Phi) is 4.15. The lowest BCUT2D eigenvalue weighted by Gasteiger charge is -2.32. The van der Waals surface area contributed by atoms with Gasteiger partial charge in [0.15, 0.2) is 0 Å². The van der Waals surface area contributed by atoms with Crippen molar-refractivity contribution >= 4 is 28.5 Å². The minimum atomic E-state index is -2.90. The molecule has 0 aromatic heterocycles. The molecule has 0 unspecified atom stereocenters. The molecule has 0 radical (unpaired) electrons. The Balaban J connectivity index is 2.34. The lowest BCUT2D eigenvalue weighted by molar-refractivity contribution is -0.0492. The fourth-order valence-electron chi connectivity index (χ4n) is 1.87. The predicted octanol–water partition coefficient (Wildman–Crippen LogP) is 3.35. The van der Waals surface area contributed by atoms with Crippen LogP contribution in [0.4, 0.5) is 8.78 Å². The number of hydrogen-bond donors (Lipinski definition) is 0. The minimum absolute atomic E-state index is 0.0490. The molecule has 1 aromatic rings. The molecule has 0 N–H and O–H groups in total. The summed E-state index contributed by atoms with van der Waals surface area (Å²) in [5, 5.41) is 0. The van der Waals surface area contributed by atoms with Crippen LogP contribution in [0.25, 0.3) is 0 Å². The SMILES string of the molecule is CC1(C)OB(c2ccc(Br)cc2OC(F)F)OC1(C)C. The van der Waals surface area contributed by atoms with Crippen LogP contribution in [0.5, 0.6) is 5.75 Å². The normalized spacial score (nSPS) is 20.5. The maximum absolute atomic E-state index is 12.5. The Morgan fingerprint density at radius 3 is 2.20 bits per heavy atom. The fourth-order valence-corrected chi connectivity index (χ4v) is 2.21. The molecule has 1 fully saturated rings. The van der Waals surface area contributed by atoms with Crippen LogP contribution in [0, 0.1) is 0 Å². The molecule has 0 bridgehead atoms. The molecule has 1 saturated heterocycles. The number of halogens is 3. The van der Waals surface area contributed by atoms with E-state index in [0.717, 1.165) is 0 Å². The van der Waals surface area contributed by atoms with E-state index in [0.29, 0.717) is 9.94 Å². The second kappa shape index (κ2) is 5.28. The summed E-state index contributed by atoms with van der Waals surface area (Å²) < 4.78 is 41.9. The maximum atomic E-state index is 12.5. The van der Waals surface area contributed by atoms with Crippen molar-refractivity contribution in [1.82, 2.24) is 0 Å². The van der Waals surface area contributed by atoms with Gasteiger partial charge >= 0.3 is 13.7 Å². The Bertz CT molecular complexity index is 492. The van der Waals surface area contributed by atoms with Crippen molar-refractivity contribution in [2.45, 2.75) is 45.5 Å². The number of rotatable bonds is 3. The van der Waals surface area contributed by atoms with Gasteiger partial charge in [0.05, 0.1) is 11.2 Å². The first-order chi connectivity index (χ1) is 9.12. The van der Waals surface area contributed by atoms with Crippen LogP contribution in [-0.4, -0.2) is 24.9 Å². The molecule has 1 heterocycles. The number of alkyl halides is 2. The Morgan fingerprint density at radius 2 is 1.70 bits per heavy atom. The molecule has 110 valence electrons. The lowest BCUT2D eigenvalue weighted by atomic mass is 9.78. The summed E-state index contributed by atoms with van der Waals surface area (Å²) in [7, 11) is -0.734. The summed E-state index contributed by atoms with van der Waals surface area (Å²) in [6.07, 6.45) is 0. The van der Waals surface area contributed by atoms with E-state index in [1.54, 1.807) is 12.1 Å². The molecule has 2 rings (SSSR count). The van der Waals surface area contributed by atoms with Crippen LogP contribution in [0.1, 0.15) is 27.7 Å². The monoisotopic (exact) mass is 348 g/mol. The minimum Gasteiger partial charge on any atom is -0.435 e. The van der Waals surface area contributed by atoms with Crippen LogP contribution in [-0.2, 0) is 9.31 Å². The summed E-state index contributed by atoms with van der Waals surface area (Å²) in [5.41, 5.74) is -0.619. The zero-order chi connectivity index (χ0) is 15.1. The highest BCUT2D eigenvalue weighted by Crippen LogP contribution is 2.37. The molecule has 0 atom stereocenters. The molecule has 20 heavy (non-hydrogen) atoms. The Labute approximate surface area is 125 Å². The molecule has 7 heteroatoms. The average molecular weight is 349 g/mol. The van der Waals surface area contributed by atoms with Crippen molar-refractivity contribution in [2.24, 2.45) is 0 Å². The number of benzene rings is 1. The summed E-state index contributed by atoms with van der Waals surface area (Å²) in [5.74, 6) is 0.0490. The van der Waals surface area contributed by atoms with E-state index in [2.05, 4.69) is 20.7 Å². The van der Waals surface area contributed by atoms with Gasteiger partial charge in [0.25, 0.3) is 0 Å². The van der Waals surface area contributed by atoms with Crippen LogP contribution in [0.2, 0.25) is 0 Å². The highest BCUT2D eigenvalue weighted by Gasteiger charge is 2.52. The van der Waals surface area contributed by atoms with Gasteiger partial charge in [-0.2, -0.15) is 8.78 Å². The number of hydrogen-bond acceptors (Lipinski definition) is 3. The Hall–Kier alpha value is -0.655. The zero-order valence-electron chi connectivity index (χ0n) is 11.7. The van der Waals surface area contributed by atoms with E-state index in [-0.39, 0.29) is 5.75 Å². The first kappa shape index (κ1) is 15.7. The van der Waals surface area contributed by atoms with E-state index >= 15 is 0 Å². The second-order valence-electron chi connectivity index (χ2n) is 5.65. The van der Waals surface area contributed by atoms with Crippen molar-refractivity contribution in [3.63, 3.8) is 0 Å². The van der Waals surface area contributed by atoms with Crippen molar-refractivity contribution in [3.05, 3.63) is 22.7 Å². The van der Waals surface area contributed by atoms with Gasteiger partial charge in [-0.25, -0.2) is 0 Å². The van der Waals surface area contributed by atoms with E-state index in [1.807, 2.05) is 27.7 Å². The molecule has 1 aliphatic heterocycles. The predicted molar refractivity (Wildman–Crippen MR) is 76.5 cm³/mol. The summed E-state index contributed by atoms with van der Waals surface area (Å²) in [6.45, 7) is 4.71. The Morgan fingerprint density at radius 1 is 1.15 bits per heavy atom. The first-order valence-corrected chi connectivity index (χ1v) is 7.01. The fraction of sp³-hybridized carbons (Fsp3) is 0.538. The molecule has 0 aliphatic carbocycles. The van der Waals surface area contributed by atoms with Gasteiger partial charge < -0.3 is 14.0 Å². The quantitative estimate of drug-likeness (QED) is 0.784. The van der Waals surface area contributed by atoms with Crippen molar-refractivity contribution < 1.29 is 22.8 Å². The van der Waals surface area contributed by atoms with Gasteiger partial charge in [-0.3, -0.25) is 0 Å². The lowest BCUT2D eigenvalue weighted by Crippen LogP contribution is -2.41. The first-order valence-electron chi connectivity index (χ1n) is 6.22. The van der Waals surface area contributed by atoms with Gasteiger partial charge in [0.2, 0.25) is 0 Å². The van der Waals surface area contributed by atoms with Gasteiger partial charge in [0.1, 0.15) is 5.75 Å². The van der Waals surface area contributed by atoms with Crippen molar-refractivity contribution in [3.8, 4) is 5.75 Å². The smallest absolute Gasteiger partial charge is 0.435 e. The molecule has 1 aromatic carbocycles. The molecular weight excluding hydrogens is 333 g/mol. The molecule has 1 aliphatic rings. The largest absolute Gasteiger partial charge is 0.498 e. The van der Waals surface area contributed by atoms with E-state index in [1.165, 1.54) is 6.07 Å². The summed E-state index contributed by atoms with van der Waals surface area (Å²) in [6, 6.07) is 4.87. The standard InChI is InChI=1S/C13H16BBrF2O3/c1-12(2)13(3,4)20-14(19-12)9-6-5-8(15)7-10(9)18-11(16)17/h5-7,11H,1-4H3. The number of ether oxygens (including phenoxy) is 1. The van der Waals surface area contributed by atoms with Crippen LogP contribution in [0.15, 0.2) is 22.7 Å². The van der Waals surface area contributed by atoms with Crippen molar-refractivity contribution in [1.29, 1.82) is 0 Å². The van der Waals surface area contributed by atoms with E-state index in [9.17, 15) is 8.78 Å². The highest BCUT2D eigenvalue weighted by molar-refractivity contribution is 9.10. The van der Waals surface area contributed by atoms with Crippen molar-refractivity contribution in [2.75, 3.05) is 0 Å². The third-order valence-corrected chi connectivity index (χ3v) is 4.19. The van der Waals surface area contributed by atoms with Crippen LogP contribution in [0.3, 0.4) is 0 Å². The maximum Gasteiger partial charge on any atom is 0.498 e. The van der Waals surface area contributed by atoms with Gasteiger partial charge in [-0.15, -0.1) is 0 Å². The van der Waals surface area contributed by atoms with Crippen LogP contribution >= 0.6 is 15.9 Å². The van der Waals surface area contributed by atoms with Gasteiger partial charge in [0, 0.05) is 9.94 Å². The van der Waals surface area contributed by atoms with E-state index in [4.69, 9.17) is 9.31 Å². The zero-order valence-corrected chi connectivity index (χ0v) is 13.3. The summed E-state index contributed by atoms with van der Waals surface area (Å²) >= 11 is 3.23. The highest BCUT2D eigenvalue weighted by atomic mass is 79.9. The van der Waals surface area contributed by atoms with Gasteiger partial charge in [-0.1, -0.05) is 22.0 Å². The topological polar surface area (TPSA) is 27.7 Å². The summed E-state index contributed by atoms with van der Waals surface area (Å²) in [4.78, 5) is 0. The molecular formula is C13H16BBrF2O3.